The van der Waals surface area contributed by atoms with Gasteiger partial charge in [-0.3, -0.25) is 9.59 Å². The molecule has 1 amide bonds. The number of rotatable bonds is 11. The fourth-order valence-electron chi connectivity index (χ4n) is 2.44. The van der Waals surface area contributed by atoms with Crippen molar-refractivity contribution in [2.24, 2.45) is 17.2 Å². The molecule has 0 aromatic heterocycles. The lowest BCUT2D eigenvalue weighted by Crippen LogP contribution is -2.58. The molecule has 0 fully saturated rings. The number of primary amides is 1. The van der Waals surface area contributed by atoms with Crippen molar-refractivity contribution in [3.05, 3.63) is 35.9 Å². The summed E-state index contributed by atoms with van der Waals surface area (Å²) < 4.78 is 0. The minimum atomic E-state index is -1.56. The summed E-state index contributed by atoms with van der Waals surface area (Å²) in [4.78, 5) is 23.7. The van der Waals surface area contributed by atoms with Crippen molar-refractivity contribution in [1.82, 2.24) is 0 Å². The van der Waals surface area contributed by atoms with E-state index in [1.807, 2.05) is 18.2 Å². The van der Waals surface area contributed by atoms with Gasteiger partial charge in [-0.05, 0) is 44.2 Å². The maximum absolute atomic E-state index is 12.2. The van der Waals surface area contributed by atoms with Gasteiger partial charge in [0, 0.05) is 6.42 Å². The Labute approximate surface area is 132 Å². The molecule has 1 atom stereocenters. The molecule has 0 saturated heterocycles. The van der Waals surface area contributed by atoms with Crippen LogP contribution in [0.2, 0.25) is 0 Å². The van der Waals surface area contributed by atoms with Crippen LogP contribution in [0.3, 0.4) is 0 Å². The molecule has 1 aromatic rings. The summed E-state index contributed by atoms with van der Waals surface area (Å²) in [6.45, 7) is 0.386. The number of carbonyl (C=O) groups excluding carboxylic acids is 2. The highest BCUT2D eigenvalue weighted by Crippen LogP contribution is 2.16. The predicted molar refractivity (Wildman–Crippen MR) is 88.0 cm³/mol. The average Bonchev–Trinajstić information content (AvgIpc) is 2.52. The smallest absolute Gasteiger partial charge is 0.245 e. The molecule has 0 saturated carbocycles. The molecule has 5 heteroatoms. The number of hydrogen-bond acceptors (Lipinski definition) is 4. The van der Waals surface area contributed by atoms with Gasteiger partial charge in [-0.15, -0.1) is 0 Å². The van der Waals surface area contributed by atoms with E-state index in [2.05, 4.69) is 12.1 Å². The van der Waals surface area contributed by atoms with Crippen LogP contribution in [0.5, 0.6) is 0 Å². The van der Waals surface area contributed by atoms with Crippen LogP contribution in [0.4, 0.5) is 0 Å². The lowest BCUT2D eigenvalue weighted by molar-refractivity contribution is -0.134. The SMILES string of the molecule is NCCC[C@](N)(C(N)=O)C(=O)CCCCCc1ccccc1. The van der Waals surface area contributed by atoms with Crippen molar-refractivity contribution in [2.45, 2.75) is 50.5 Å². The molecule has 1 rings (SSSR count). The van der Waals surface area contributed by atoms with E-state index in [-0.39, 0.29) is 12.2 Å². The first kappa shape index (κ1) is 18.3. The number of benzene rings is 1. The Morgan fingerprint density at radius 1 is 1.00 bits per heavy atom. The monoisotopic (exact) mass is 305 g/mol. The summed E-state index contributed by atoms with van der Waals surface area (Å²) in [7, 11) is 0. The van der Waals surface area contributed by atoms with Gasteiger partial charge in [0.1, 0.15) is 0 Å². The first-order valence-corrected chi connectivity index (χ1v) is 7.87. The third kappa shape index (κ3) is 5.58. The van der Waals surface area contributed by atoms with E-state index in [0.29, 0.717) is 19.4 Å². The maximum Gasteiger partial charge on any atom is 0.245 e. The van der Waals surface area contributed by atoms with Crippen molar-refractivity contribution in [1.29, 1.82) is 0 Å². The van der Waals surface area contributed by atoms with Crippen LogP contribution >= 0.6 is 0 Å². The molecule has 0 aliphatic rings. The number of amides is 1. The molecule has 0 aliphatic heterocycles. The van der Waals surface area contributed by atoms with Gasteiger partial charge in [-0.1, -0.05) is 36.8 Å². The molecule has 122 valence electrons. The average molecular weight is 305 g/mol. The Hall–Kier alpha value is -1.72. The molecule has 0 spiro atoms. The molecule has 0 aliphatic carbocycles. The topological polar surface area (TPSA) is 112 Å². The van der Waals surface area contributed by atoms with Gasteiger partial charge in [-0.2, -0.15) is 0 Å². The summed E-state index contributed by atoms with van der Waals surface area (Å²) in [6, 6.07) is 10.2. The number of Topliss-reactive ketones (excluding diaryl/α,β-unsaturated/α-hetero) is 1. The van der Waals surface area contributed by atoms with E-state index < -0.39 is 11.4 Å². The number of nitrogens with two attached hydrogens (primary N) is 3. The zero-order chi connectivity index (χ0) is 16.4. The third-order valence-electron chi connectivity index (χ3n) is 3.92. The Morgan fingerprint density at radius 3 is 2.27 bits per heavy atom. The lowest BCUT2D eigenvalue weighted by atomic mass is 9.86. The van der Waals surface area contributed by atoms with E-state index in [1.165, 1.54) is 5.56 Å². The third-order valence-corrected chi connectivity index (χ3v) is 3.92. The van der Waals surface area contributed by atoms with Crippen LogP contribution in [-0.2, 0) is 16.0 Å². The molecule has 0 radical (unpaired) electrons. The second kappa shape index (κ2) is 9.33. The quantitative estimate of drug-likeness (QED) is 0.422. The Morgan fingerprint density at radius 2 is 1.68 bits per heavy atom. The highest BCUT2D eigenvalue weighted by Gasteiger charge is 2.38. The molecule has 1 aromatic carbocycles. The Kier molecular flexibility index (Phi) is 7.77. The first-order valence-electron chi connectivity index (χ1n) is 7.87. The minimum Gasteiger partial charge on any atom is -0.368 e. The van der Waals surface area contributed by atoms with Gasteiger partial charge in [-0.25, -0.2) is 0 Å². The van der Waals surface area contributed by atoms with Gasteiger partial charge in [0.15, 0.2) is 11.3 Å². The highest BCUT2D eigenvalue weighted by molar-refractivity contribution is 6.09. The zero-order valence-electron chi connectivity index (χ0n) is 13.1. The molecule has 0 heterocycles. The van der Waals surface area contributed by atoms with Crippen LogP contribution in [-0.4, -0.2) is 23.8 Å². The summed E-state index contributed by atoms with van der Waals surface area (Å²) in [5.74, 6) is -1.02. The maximum atomic E-state index is 12.2. The molecular weight excluding hydrogens is 278 g/mol. The van der Waals surface area contributed by atoms with E-state index in [0.717, 1.165) is 25.7 Å². The van der Waals surface area contributed by atoms with Crippen molar-refractivity contribution in [3.8, 4) is 0 Å². The van der Waals surface area contributed by atoms with E-state index in [4.69, 9.17) is 17.2 Å². The summed E-state index contributed by atoms with van der Waals surface area (Å²) >= 11 is 0. The van der Waals surface area contributed by atoms with Gasteiger partial charge in [0.05, 0.1) is 0 Å². The molecule has 5 nitrogen and oxygen atoms in total. The molecule has 0 bridgehead atoms. The number of carbonyl (C=O) groups is 2. The van der Waals surface area contributed by atoms with Crippen LogP contribution in [0.25, 0.3) is 0 Å². The molecule has 6 N–H and O–H groups in total. The number of hydrogen-bond donors (Lipinski definition) is 3. The van der Waals surface area contributed by atoms with Gasteiger partial charge in [0.25, 0.3) is 0 Å². The van der Waals surface area contributed by atoms with Crippen molar-refractivity contribution < 1.29 is 9.59 Å². The van der Waals surface area contributed by atoms with Gasteiger partial charge >= 0.3 is 0 Å². The zero-order valence-corrected chi connectivity index (χ0v) is 13.1. The first-order chi connectivity index (χ1) is 10.5. The van der Waals surface area contributed by atoms with Crippen molar-refractivity contribution >= 4 is 11.7 Å². The summed E-state index contributed by atoms with van der Waals surface area (Å²) in [6.07, 6.45) is 4.67. The van der Waals surface area contributed by atoms with Crippen LogP contribution < -0.4 is 17.2 Å². The number of aryl methyl sites for hydroxylation is 1. The normalized spacial score (nSPS) is 13.5. The second-order valence-electron chi connectivity index (χ2n) is 5.70. The fourth-order valence-corrected chi connectivity index (χ4v) is 2.44. The standard InChI is InChI=1S/C17H27N3O2/c18-13-7-12-17(20,16(19)22)15(21)11-6-2-5-10-14-8-3-1-4-9-14/h1,3-4,8-9H,2,5-7,10-13,18,20H2,(H2,19,22)/t17-/m1/s1. The second-order valence-corrected chi connectivity index (χ2v) is 5.70. The number of unbranched alkanes of at least 4 members (excludes halogenated alkanes) is 2. The Bertz CT molecular complexity index is 476. The summed E-state index contributed by atoms with van der Waals surface area (Å²) in [5, 5.41) is 0. The van der Waals surface area contributed by atoms with E-state index in [1.54, 1.807) is 0 Å². The number of ketones is 1. The van der Waals surface area contributed by atoms with Gasteiger partial charge < -0.3 is 17.2 Å². The largest absolute Gasteiger partial charge is 0.368 e. The highest BCUT2D eigenvalue weighted by atomic mass is 16.2. The van der Waals surface area contributed by atoms with Crippen LogP contribution in [0.1, 0.15) is 44.1 Å². The lowest BCUT2D eigenvalue weighted by Gasteiger charge is -2.24. The fraction of sp³-hybridized carbons (Fsp3) is 0.529. The minimum absolute atomic E-state index is 0.224. The molecule has 22 heavy (non-hydrogen) atoms. The predicted octanol–water partition coefficient (Wildman–Crippen LogP) is 1.28. The summed E-state index contributed by atoms with van der Waals surface area (Å²) in [5.41, 5.74) is 16.3. The van der Waals surface area contributed by atoms with Crippen molar-refractivity contribution in [3.63, 3.8) is 0 Å². The van der Waals surface area contributed by atoms with Crippen molar-refractivity contribution in [2.75, 3.05) is 6.54 Å². The Balaban J connectivity index is 2.33. The molecule has 0 unspecified atom stereocenters. The van der Waals surface area contributed by atoms with Crippen LogP contribution in [0, 0.1) is 0 Å². The van der Waals surface area contributed by atoms with E-state index >= 15 is 0 Å². The van der Waals surface area contributed by atoms with E-state index in [9.17, 15) is 9.59 Å². The van der Waals surface area contributed by atoms with Crippen LogP contribution in [0.15, 0.2) is 30.3 Å². The van der Waals surface area contributed by atoms with Gasteiger partial charge in [0.2, 0.25) is 5.91 Å². The molecular formula is C17H27N3O2.